The van der Waals surface area contributed by atoms with Crippen molar-refractivity contribution in [1.82, 2.24) is 4.90 Å². The third kappa shape index (κ3) is 2.90. The number of benzene rings is 1. The van der Waals surface area contributed by atoms with Crippen molar-refractivity contribution < 1.29 is 9.53 Å². The summed E-state index contributed by atoms with van der Waals surface area (Å²) in [6.07, 6.45) is 0.0925. The van der Waals surface area contributed by atoms with Crippen LogP contribution in [0, 0.1) is 0 Å². The minimum absolute atomic E-state index is 0.161. The molecule has 2 rings (SSSR count). The molecule has 1 atom stereocenters. The lowest BCUT2D eigenvalue weighted by Gasteiger charge is -2.33. The van der Waals surface area contributed by atoms with Crippen molar-refractivity contribution in [2.24, 2.45) is 5.73 Å². The maximum Gasteiger partial charge on any atom is 0.404 e. The molecule has 0 aliphatic carbocycles. The third-order valence-electron chi connectivity index (χ3n) is 3.08. The molecule has 0 spiro atoms. The van der Waals surface area contributed by atoms with Crippen LogP contribution in [0.25, 0.3) is 0 Å². The molecule has 1 aromatic rings. The first-order chi connectivity index (χ1) is 8.06. The van der Waals surface area contributed by atoms with E-state index in [9.17, 15) is 4.79 Å². The van der Waals surface area contributed by atoms with Crippen LogP contribution < -0.4 is 5.73 Å². The van der Waals surface area contributed by atoms with E-state index in [1.807, 2.05) is 25.2 Å². The van der Waals surface area contributed by atoms with Crippen molar-refractivity contribution in [2.75, 3.05) is 13.7 Å². The van der Waals surface area contributed by atoms with Crippen LogP contribution in [0.1, 0.15) is 11.1 Å². The molecule has 1 amide bonds. The highest BCUT2D eigenvalue weighted by atomic mass is 35.5. The van der Waals surface area contributed by atoms with Gasteiger partial charge in [-0.2, -0.15) is 0 Å². The van der Waals surface area contributed by atoms with Gasteiger partial charge in [0.15, 0.2) is 0 Å². The zero-order chi connectivity index (χ0) is 12.4. The number of fused-ring (bicyclic) bond motifs is 1. The fraction of sp³-hybridized carbons (Fsp3) is 0.417. The van der Waals surface area contributed by atoms with Gasteiger partial charge < -0.3 is 10.5 Å². The van der Waals surface area contributed by atoms with Gasteiger partial charge in [-0.15, -0.1) is 0 Å². The first-order valence-electron chi connectivity index (χ1n) is 5.46. The van der Waals surface area contributed by atoms with Gasteiger partial charge in [-0.05, 0) is 36.7 Å². The van der Waals surface area contributed by atoms with Gasteiger partial charge in [-0.1, -0.05) is 17.7 Å². The summed E-state index contributed by atoms with van der Waals surface area (Å²) < 4.78 is 4.86. The van der Waals surface area contributed by atoms with Crippen LogP contribution in [-0.2, 0) is 17.7 Å². The maximum absolute atomic E-state index is 10.6. The molecule has 1 unspecified atom stereocenters. The molecule has 4 nitrogen and oxygen atoms in total. The largest absolute Gasteiger partial charge is 0.448 e. The van der Waals surface area contributed by atoms with Crippen molar-refractivity contribution in [3.63, 3.8) is 0 Å². The molecule has 92 valence electrons. The Bertz CT molecular complexity index is 437. The molecule has 0 radical (unpaired) electrons. The van der Waals surface area contributed by atoms with Crippen LogP contribution in [0.5, 0.6) is 0 Å². The quantitative estimate of drug-likeness (QED) is 0.876. The van der Waals surface area contributed by atoms with E-state index in [0.29, 0.717) is 6.61 Å². The van der Waals surface area contributed by atoms with Crippen LogP contribution in [-0.4, -0.2) is 30.7 Å². The highest BCUT2D eigenvalue weighted by Gasteiger charge is 2.24. The highest BCUT2D eigenvalue weighted by molar-refractivity contribution is 6.30. The van der Waals surface area contributed by atoms with Crippen molar-refractivity contribution in [3.8, 4) is 0 Å². The van der Waals surface area contributed by atoms with E-state index in [2.05, 4.69) is 4.90 Å². The first kappa shape index (κ1) is 12.2. The van der Waals surface area contributed by atoms with Gasteiger partial charge in [-0.3, -0.25) is 4.90 Å². The number of carbonyl (C=O) groups excluding carboxylic acids is 1. The minimum Gasteiger partial charge on any atom is -0.448 e. The van der Waals surface area contributed by atoms with Gasteiger partial charge >= 0.3 is 6.09 Å². The second kappa shape index (κ2) is 4.94. The van der Waals surface area contributed by atoms with Gasteiger partial charge in [-0.25, -0.2) is 4.79 Å². The standard InChI is InChI=1S/C12H15ClN2O2/c1-15-6-8-2-3-10(13)4-9(8)5-11(15)7-17-12(14)16/h2-4,11H,5-7H2,1H3,(H2,14,16). The van der Waals surface area contributed by atoms with Gasteiger partial charge in [0.05, 0.1) is 0 Å². The van der Waals surface area contributed by atoms with Crippen molar-refractivity contribution in [2.45, 2.75) is 19.0 Å². The lowest BCUT2D eigenvalue weighted by molar-refractivity contribution is 0.0990. The highest BCUT2D eigenvalue weighted by Crippen LogP contribution is 2.25. The third-order valence-corrected chi connectivity index (χ3v) is 3.32. The minimum atomic E-state index is -0.727. The Kier molecular flexibility index (Phi) is 3.54. The lowest BCUT2D eigenvalue weighted by atomic mass is 9.95. The van der Waals surface area contributed by atoms with Crippen molar-refractivity contribution >= 4 is 17.7 Å². The van der Waals surface area contributed by atoms with Gasteiger partial charge in [0.1, 0.15) is 6.61 Å². The van der Waals surface area contributed by atoms with E-state index in [1.54, 1.807) is 0 Å². The fourth-order valence-electron chi connectivity index (χ4n) is 2.11. The zero-order valence-corrected chi connectivity index (χ0v) is 10.4. The molecule has 1 heterocycles. The summed E-state index contributed by atoms with van der Waals surface area (Å²) in [7, 11) is 2.01. The monoisotopic (exact) mass is 254 g/mol. The molecule has 2 N–H and O–H groups in total. The number of rotatable bonds is 2. The number of nitrogens with two attached hydrogens (primary N) is 1. The molecule has 17 heavy (non-hydrogen) atoms. The Labute approximate surface area is 105 Å². The Hall–Kier alpha value is -1.26. The van der Waals surface area contributed by atoms with Crippen LogP contribution >= 0.6 is 11.6 Å². The van der Waals surface area contributed by atoms with Crippen LogP contribution in [0.15, 0.2) is 18.2 Å². The van der Waals surface area contributed by atoms with Crippen molar-refractivity contribution in [3.05, 3.63) is 34.3 Å². The number of halogens is 1. The molecule has 0 aromatic heterocycles. The summed E-state index contributed by atoms with van der Waals surface area (Å²) in [6, 6.07) is 6.07. The summed E-state index contributed by atoms with van der Waals surface area (Å²) >= 11 is 5.97. The molecule has 1 aliphatic rings. The summed E-state index contributed by atoms with van der Waals surface area (Å²) in [6.45, 7) is 1.15. The molecule has 0 saturated carbocycles. The van der Waals surface area contributed by atoms with E-state index < -0.39 is 6.09 Å². The fourth-order valence-corrected chi connectivity index (χ4v) is 2.31. The van der Waals surface area contributed by atoms with E-state index >= 15 is 0 Å². The lowest BCUT2D eigenvalue weighted by Crippen LogP contribution is -2.41. The number of carbonyl (C=O) groups is 1. The molecular formula is C12H15ClN2O2. The van der Waals surface area contributed by atoms with Crippen LogP contribution in [0.3, 0.4) is 0 Å². The average Bonchev–Trinajstić information content (AvgIpc) is 2.26. The van der Waals surface area contributed by atoms with E-state index in [0.717, 1.165) is 18.0 Å². The molecule has 0 fully saturated rings. The molecule has 0 bridgehead atoms. The number of hydrogen-bond acceptors (Lipinski definition) is 3. The summed E-state index contributed by atoms with van der Waals surface area (Å²) in [4.78, 5) is 12.8. The molecule has 5 heteroatoms. The SMILES string of the molecule is CN1Cc2ccc(Cl)cc2CC1COC(N)=O. The number of ether oxygens (including phenoxy) is 1. The predicted molar refractivity (Wildman–Crippen MR) is 65.9 cm³/mol. The summed E-state index contributed by atoms with van der Waals surface area (Å²) in [5.74, 6) is 0. The molecule has 1 aliphatic heterocycles. The second-order valence-electron chi connectivity index (χ2n) is 4.32. The Morgan fingerprint density at radius 1 is 1.59 bits per heavy atom. The summed E-state index contributed by atoms with van der Waals surface area (Å²) in [5, 5.41) is 0.739. The Balaban J connectivity index is 2.11. The second-order valence-corrected chi connectivity index (χ2v) is 4.75. The van der Waals surface area contributed by atoms with Crippen LogP contribution in [0.2, 0.25) is 5.02 Å². The maximum atomic E-state index is 10.6. The van der Waals surface area contributed by atoms with Gasteiger partial charge in [0.25, 0.3) is 0 Å². The van der Waals surface area contributed by atoms with Crippen LogP contribution in [0.4, 0.5) is 4.79 Å². The Morgan fingerprint density at radius 2 is 2.35 bits per heavy atom. The number of hydrogen-bond donors (Lipinski definition) is 1. The topological polar surface area (TPSA) is 55.6 Å². The normalized spacial score (nSPS) is 19.8. The molecule has 1 aromatic carbocycles. The zero-order valence-electron chi connectivity index (χ0n) is 9.65. The summed E-state index contributed by atoms with van der Waals surface area (Å²) in [5.41, 5.74) is 7.46. The number of likely N-dealkylation sites (N-methyl/N-ethyl adjacent to an activating group) is 1. The number of primary amides is 1. The van der Waals surface area contributed by atoms with E-state index in [4.69, 9.17) is 22.1 Å². The average molecular weight is 255 g/mol. The van der Waals surface area contributed by atoms with Gasteiger partial charge in [0, 0.05) is 17.6 Å². The number of amides is 1. The number of nitrogens with zero attached hydrogens (tertiary/aromatic N) is 1. The van der Waals surface area contributed by atoms with E-state index in [-0.39, 0.29) is 6.04 Å². The van der Waals surface area contributed by atoms with Gasteiger partial charge in [0.2, 0.25) is 0 Å². The predicted octanol–water partition coefficient (Wildman–Crippen LogP) is 1.79. The Morgan fingerprint density at radius 3 is 3.06 bits per heavy atom. The van der Waals surface area contributed by atoms with E-state index in [1.165, 1.54) is 11.1 Å². The molecule has 0 saturated heterocycles. The van der Waals surface area contributed by atoms with Crippen molar-refractivity contribution in [1.29, 1.82) is 0 Å². The molecular weight excluding hydrogens is 240 g/mol. The first-order valence-corrected chi connectivity index (χ1v) is 5.84. The smallest absolute Gasteiger partial charge is 0.404 e.